The van der Waals surface area contributed by atoms with Crippen LogP contribution in [0.1, 0.15) is 38.2 Å². The maximum absolute atomic E-state index is 13.1. The maximum Gasteiger partial charge on any atom is 0.123 e. The van der Waals surface area contributed by atoms with Crippen molar-refractivity contribution < 1.29 is 4.39 Å². The zero-order valence-electron chi connectivity index (χ0n) is 10.2. The molecule has 0 atom stereocenters. The molecule has 0 aromatic heterocycles. The van der Waals surface area contributed by atoms with Gasteiger partial charge in [-0.1, -0.05) is 29.3 Å². The van der Waals surface area contributed by atoms with Crippen molar-refractivity contribution in [3.63, 3.8) is 0 Å². The summed E-state index contributed by atoms with van der Waals surface area (Å²) in [5.74, 6) is -0.167. The molecule has 0 spiro atoms. The predicted octanol–water partition coefficient (Wildman–Crippen LogP) is 4.26. The van der Waals surface area contributed by atoms with E-state index in [2.05, 4.69) is 28.2 Å². The van der Waals surface area contributed by atoms with Gasteiger partial charge in [-0.05, 0) is 48.4 Å². The van der Waals surface area contributed by atoms with Gasteiger partial charge in [0.05, 0.1) is 0 Å². The average molecular weight is 300 g/mol. The molecule has 1 N–H and O–H groups in total. The first kappa shape index (κ1) is 13.0. The van der Waals surface area contributed by atoms with Gasteiger partial charge in [0.25, 0.3) is 0 Å². The highest BCUT2D eigenvalue weighted by atomic mass is 79.9. The molecule has 0 aliphatic heterocycles. The summed E-state index contributed by atoms with van der Waals surface area (Å²) in [6, 6.07) is 4.84. The van der Waals surface area contributed by atoms with E-state index in [0.717, 1.165) is 23.1 Å². The molecule has 1 aromatic rings. The number of halogens is 2. The fourth-order valence-electron chi connectivity index (χ4n) is 2.36. The molecule has 0 saturated heterocycles. The van der Waals surface area contributed by atoms with Crippen LogP contribution in [0.25, 0.3) is 0 Å². The van der Waals surface area contributed by atoms with Crippen molar-refractivity contribution in [2.45, 2.75) is 39.2 Å². The second-order valence-corrected chi connectivity index (χ2v) is 5.94. The molecule has 1 nitrogen and oxygen atoms in total. The van der Waals surface area contributed by atoms with Gasteiger partial charge in [-0.2, -0.15) is 0 Å². The van der Waals surface area contributed by atoms with Crippen LogP contribution in [-0.4, -0.2) is 6.54 Å². The quantitative estimate of drug-likeness (QED) is 0.828. The molecule has 1 aromatic carbocycles. The molecule has 1 fully saturated rings. The van der Waals surface area contributed by atoms with Gasteiger partial charge in [0.2, 0.25) is 0 Å². The zero-order valence-corrected chi connectivity index (χ0v) is 11.8. The van der Waals surface area contributed by atoms with Crippen LogP contribution in [0.5, 0.6) is 0 Å². The van der Waals surface area contributed by atoms with E-state index in [1.54, 1.807) is 12.1 Å². The Morgan fingerprint density at radius 2 is 2.18 bits per heavy atom. The molecule has 0 bridgehead atoms. The molecule has 94 valence electrons. The number of hydrogen-bond acceptors (Lipinski definition) is 1. The van der Waals surface area contributed by atoms with Gasteiger partial charge < -0.3 is 5.32 Å². The Bertz CT molecular complexity index is 388. The van der Waals surface area contributed by atoms with Crippen LogP contribution in [0.15, 0.2) is 22.7 Å². The van der Waals surface area contributed by atoms with E-state index < -0.39 is 0 Å². The average Bonchev–Trinajstić information content (AvgIpc) is 3.04. The fourth-order valence-corrected chi connectivity index (χ4v) is 2.75. The molecule has 0 unspecified atom stereocenters. The normalized spacial score (nSPS) is 17.1. The van der Waals surface area contributed by atoms with Crippen molar-refractivity contribution in [2.24, 2.45) is 5.41 Å². The lowest BCUT2D eigenvalue weighted by molar-refractivity contribution is 0.420. The fraction of sp³-hybridized carbons (Fsp3) is 0.571. The minimum atomic E-state index is -0.167. The highest BCUT2D eigenvalue weighted by Crippen LogP contribution is 2.48. The molecular weight excluding hydrogens is 281 g/mol. The van der Waals surface area contributed by atoms with Crippen LogP contribution >= 0.6 is 15.9 Å². The third kappa shape index (κ3) is 3.52. The second kappa shape index (κ2) is 5.49. The molecule has 17 heavy (non-hydrogen) atoms. The summed E-state index contributed by atoms with van der Waals surface area (Å²) in [5, 5.41) is 3.46. The Morgan fingerprint density at radius 1 is 1.41 bits per heavy atom. The van der Waals surface area contributed by atoms with Crippen molar-refractivity contribution in [3.8, 4) is 0 Å². The van der Waals surface area contributed by atoms with E-state index in [0.29, 0.717) is 5.41 Å². The molecule has 0 radical (unpaired) electrons. The standard InChI is InChI=1S/C14H19BrFN/c1-2-5-14(6-7-14)10-17-9-11-8-12(16)3-4-13(11)15/h3-4,8,17H,2,5-7,9-10H2,1H3. The summed E-state index contributed by atoms with van der Waals surface area (Å²) in [5.41, 5.74) is 1.55. The molecule has 1 aliphatic carbocycles. The van der Waals surface area contributed by atoms with Crippen molar-refractivity contribution in [2.75, 3.05) is 6.54 Å². The molecule has 0 amide bonds. The zero-order chi connectivity index (χ0) is 12.3. The minimum absolute atomic E-state index is 0.167. The van der Waals surface area contributed by atoms with E-state index in [4.69, 9.17) is 0 Å². The molecule has 2 rings (SSSR count). The Hall–Kier alpha value is -0.410. The lowest BCUT2D eigenvalue weighted by Gasteiger charge is -2.15. The summed E-state index contributed by atoms with van der Waals surface area (Å²) in [7, 11) is 0. The Balaban J connectivity index is 1.84. The summed E-state index contributed by atoms with van der Waals surface area (Å²) in [4.78, 5) is 0. The van der Waals surface area contributed by atoms with Gasteiger partial charge in [0.15, 0.2) is 0 Å². The molecule has 3 heteroatoms. The molecular formula is C14H19BrFN. The van der Waals surface area contributed by atoms with Crippen LogP contribution in [0.2, 0.25) is 0 Å². The van der Waals surface area contributed by atoms with E-state index in [1.165, 1.54) is 31.7 Å². The van der Waals surface area contributed by atoms with E-state index in [9.17, 15) is 4.39 Å². The highest BCUT2D eigenvalue weighted by Gasteiger charge is 2.40. The van der Waals surface area contributed by atoms with E-state index >= 15 is 0 Å². The Morgan fingerprint density at radius 3 is 2.82 bits per heavy atom. The van der Waals surface area contributed by atoms with Gasteiger partial charge >= 0.3 is 0 Å². The third-order valence-corrected chi connectivity index (χ3v) is 4.33. The predicted molar refractivity (Wildman–Crippen MR) is 72.4 cm³/mol. The van der Waals surface area contributed by atoms with E-state index in [-0.39, 0.29) is 5.82 Å². The number of nitrogens with one attached hydrogen (secondary N) is 1. The SMILES string of the molecule is CCCC1(CNCc2cc(F)ccc2Br)CC1. The van der Waals surface area contributed by atoms with Crippen LogP contribution in [0, 0.1) is 11.2 Å². The topological polar surface area (TPSA) is 12.0 Å². The van der Waals surface area contributed by atoms with Crippen molar-refractivity contribution in [1.82, 2.24) is 5.32 Å². The summed E-state index contributed by atoms with van der Waals surface area (Å²) in [6.45, 7) is 4.04. The summed E-state index contributed by atoms with van der Waals surface area (Å²) in [6.07, 6.45) is 5.26. The largest absolute Gasteiger partial charge is 0.312 e. The molecule has 1 aliphatic rings. The first-order valence-corrected chi connectivity index (χ1v) is 7.09. The van der Waals surface area contributed by atoms with Gasteiger partial charge in [-0.15, -0.1) is 0 Å². The number of benzene rings is 1. The summed E-state index contributed by atoms with van der Waals surface area (Å²) >= 11 is 3.45. The van der Waals surface area contributed by atoms with Crippen LogP contribution in [0.3, 0.4) is 0 Å². The maximum atomic E-state index is 13.1. The van der Waals surface area contributed by atoms with Crippen LogP contribution in [-0.2, 0) is 6.54 Å². The van der Waals surface area contributed by atoms with Gasteiger partial charge in [-0.3, -0.25) is 0 Å². The third-order valence-electron chi connectivity index (χ3n) is 3.56. The minimum Gasteiger partial charge on any atom is -0.312 e. The monoisotopic (exact) mass is 299 g/mol. The van der Waals surface area contributed by atoms with Gasteiger partial charge in [0, 0.05) is 17.6 Å². The molecule has 0 heterocycles. The van der Waals surface area contributed by atoms with E-state index in [1.807, 2.05) is 0 Å². The van der Waals surface area contributed by atoms with Crippen molar-refractivity contribution in [1.29, 1.82) is 0 Å². The first-order chi connectivity index (χ1) is 8.15. The molecule has 1 saturated carbocycles. The lowest BCUT2D eigenvalue weighted by atomic mass is 10.0. The summed E-state index contributed by atoms with van der Waals surface area (Å²) < 4.78 is 14.1. The van der Waals surface area contributed by atoms with Crippen molar-refractivity contribution in [3.05, 3.63) is 34.1 Å². The Kier molecular flexibility index (Phi) is 4.21. The lowest BCUT2D eigenvalue weighted by Crippen LogP contribution is -2.23. The smallest absolute Gasteiger partial charge is 0.123 e. The van der Waals surface area contributed by atoms with Gasteiger partial charge in [0.1, 0.15) is 5.82 Å². The van der Waals surface area contributed by atoms with Crippen LogP contribution in [0.4, 0.5) is 4.39 Å². The van der Waals surface area contributed by atoms with Crippen molar-refractivity contribution >= 4 is 15.9 Å². The number of rotatable bonds is 6. The first-order valence-electron chi connectivity index (χ1n) is 6.30. The second-order valence-electron chi connectivity index (χ2n) is 5.09. The van der Waals surface area contributed by atoms with Gasteiger partial charge in [-0.25, -0.2) is 4.39 Å². The van der Waals surface area contributed by atoms with Crippen LogP contribution < -0.4 is 5.32 Å². The Labute approximate surface area is 111 Å². The number of hydrogen-bond donors (Lipinski definition) is 1. The highest BCUT2D eigenvalue weighted by molar-refractivity contribution is 9.10.